The van der Waals surface area contributed by atoms with Crippen LogP contribution in [0, 0.1) is 26.7 Å². The van der Waals surface area contributed by atoms with Crippen LogP contribution in [-0.2, 0) is 41.0 Å². The summed E-state index contributed by atoms with van der Waals surface area (Å²) in [7, 11) is -12.5. The number of fused-ring (bicyclic) bond motifs is 1. The third-order valence-electron chi connectivity index (χ3n) is 7.05. The monoisotopic (exact) mass is 822 g/mol. The molecule has 0 amide bonds. The van der Waals surface area contributed by atoms with Crippen molar-refractivity contribution in [2.24, 2.45) is 5.92 Å². The maximum atomic E-state index is 12.0. The highest BCUT2D eigenvalue weighted by Gasteiger charge is 2.25. The molecule has 0 aliphatic heterocycles. The summed E-state index contributed by atoms with van der Waals surface area (Å²) in [6.07, 6.45) is 0.895. The van der Waals surface area contributed by atoms with E-state index >= 15 is 0 Å². The highest BCUT2D eigenvalue weighted by Crippen LogP contribution is 2.38. The van der Waals surface area contributed by atoms with Gasteiger partial charge in [0, 0.05) is 0 Å². The van der Waals surface area contributed by atoms with Crippen LogP contribution in [0.15, 0.2) is 65.4 Å². The van der Waals surface area contributed by atoms with Crippen LogP contribution < -0.4 is 0 Å². The van der Waals surface area contributed by atoms with Crippen molar-refractivity contribution < 1.29 is 38.5 Å². The molecule has 318 valence electrons. The van der Waals surface area contributed by atoms with E-state index in [1.807, 2.05) is 111 Å². The van der Waals surface area contributed by atoms with Gasteiger partial charge in [0.2, 0.25) is 0 Å². The molecule has 0 saturated heterocycles. The maximum Gasteiger partial charge on any atom is 0.397 e. The molecule has 3 rings (SSSR count). The minimum Gasteiger partial charge on any atom is -0.282 e. The molecule has 0 aliphatic carbocycles. The van der Waals surface area contributed by atoms with Gasteiger partial charge in [-0.3, -0.25) is 9.11 Å². The van der Waals surface area contributed by atoms with Crippen LogP contribution in [0.2, 0.25) is 0 Å². The predicted molar refractivity (Wildman–Crippen MR) is 236 cm³/mol. The number of aryl methyl sites for hydroxylation is 4. The van der Waals surface area contributed by atoms with E-state index in [2.05, 4.69) is 50.2 Å². The van der Waals surface area contributed by atoms with Gasteiger partial charge in [-0.2, -0.15) is 16.8 Å². The highest BCUT2D eigenvalue weighted by atomic mass is 32.3. The molecule has 1 atom stereocenters. The Morgan fingerprint density at radius 2 is 1.07 bits per heavy atom. The molecular formula is C42H78O9S3. The Kier molecular flexibility index (Phi) is 40.9. The van der Waals surface area contributed by atoms with Gasteiger partial charge in [0.25, 0.3) is 10.1 Å². The summed E-state index contributed by atoms with van der Waals surface area (Å²) in [6, 6.07) is 12.0. The van der Waals surface area contributed by atoms with Gasteiger partial charge in [-0.15, -0.1) is 13.2 Å². The van der Waals surface area contributed by atoms with Crippen molar-refractivity contribution >= 4 is 41.1 Å². The fourth-order valence-corrected chi connectivity index (χ4v) is 6.81. The third kappa shape index (κ3) is 23.3. The van der Waals surface area contributed by atoms with Gasteiger partial charge in [0.05, 0.1) is 22.2 Å². The SMILES string of the molecule is C=C.CC.CC.CC.CC.CC.CC.CCc1ccc2c(C)c(C(C)C(C)C)c(S(=O)(=O)O)cc2c1C.Cc1ccc(S(=O)(=O)CCOS(=O)(=O)O)cc1. The van der Waals surface area contributed by atoms with Gasteiger partial charge in [-0.05, 0) is 90.3 Å². The van der Waals surface area contributed by atoms with E-state index < -0.39 is 42.7 Å². The first-order valence-electron chi connectivity index (χ1n) is 19.2. The first-order chi connectivity index (χ1) is 25.3. The molecule has 0 heterocycles. The van der Waals surface area contributed by atoms with E-state index in [0.717, 1.165) is 39.4 Å². The topological polar surface area (TPSA) is 152 Å². The van der Waals surface area contributed by atoms with Gasteiger partial charge >= 0.3 is 10.4 Å². The fraction of sp³-hybridized carbons (Fsp3) is 0.571. The Morgan fingerprint density at radius 1 is 0.648 bits per heavy atom. The molecule has 3 aromatic rings. The maximum absolute atomic E-state index is 12.0. The largest absolute Gasteiger partial charge is 0.397 e. The van der Waals surface area contributed by atoms with E-state index in [-0.39, 0.29) is 21.6 Å². The summed E-state index contributed by atoms with van der Waals surface area (Å²) < 4.78 is 89.8. The van der Waals surface area contributed by atoms with Gasteiger partial charge < -0.3 is 0 Å². The van der Waals surface area contributed by atoms with Gasteiger partial charge in [-0.25, -0.2) is 12.6 Å². The lowest BCUT2D eigenvalue weighted by Crippen LogP contribution is -2.15. The van der Waals surface area contributed by atoms with Crippen LogP contribution in [-0.4, -0.2) is 46.7 Å². The number of hydrogen-bond acceptors (Lipinski definition) is 7. The van der Waals surface area contributed by atoms with Crippen molar-refractivity contribution in [2.75, 3.05) is 12.4 Å². The first-order valence-corrected chi connectivity index (χ1v) is 23.7. The third-order valence-corrected chi connectivity index (χ3v) is 10.1. The molecule has 0 fully saturated rings. The summed E-state index contributed by atoms with van der Waals surface area (Å²) in [5.74, 6) is -0.194. The van der Waals surface area contributed by atoms with Crippen molar-refractivity contribution in [2.45, 2.75) is 154 Å². The van der Waals surface area contributed by atoms with E-state index in [1.54, 1.807) is 18.2 Å². The van der Waals surface area contributed by atoms with Crippen LogP contribution in [0.4, 0.5) is 0 Å². The highest BCUT2D eigenvalue weighted by molar-refractivity contribution is 7.91. The Hall–Kier alpha value is -2.61. The Morgan fingerprint density at radius 3 is 1.43 bits per heavy atom. The van der Waals surface area contributed by atoms with E-state index in [4.69, 9.17) is 4.55 Å². The normalized spacial score (nSPS) is 10.6. The number of hydrogen-bond donors (Lipinski definition) is 2. The zero-order valence-corrected chi connectivity index (χ0v) is 39.7. The van der Waals surface area contributed by atoms with Crippen molar-refractivity contribution in [1.29, 1.82) is 0 Å². The first kappa shape index (κ1) is 63.3. The second-order valence-electron chi connectivity index (χ2n) is 10.1. The zero-order valence-electron chi connectivity index (χ0n) is 37.2. The molecule has 54 heavy (non-hydrogen) atoms. The van der Waals surface area contributed by atoms with E-state index in [0.29, 0.717) is 0 Å². The van der Waals surface area contributed by atoms with Gasteiger partial charge in [-0.1, -0.05) is 141 Å². The second kappa shape index (κ2) is 34.8. The lowest BCUT2D eigenvalue weighted by atomic mass is 9.84. The average molecular weight is 823 g/mol. The Bertz CT molecular complexity index is 1700. The second-order valence-corrected chi connectivity index (χ2v) is 14.7. The molecule has 1 unspecified atom stereocenters. The number of rotatable bonds is 9. The molecule has 0 saturated carbocycles. The van der Waals surface area contributed by atoms with Crippen LogP contribution in [0.1, 0.15) is 145 Å². The summed E-state index contributed by atoms with van der Waals surface area (Å²) in [6.45, 7) is 43.4. The van der Waals surface area contributed by atoms with Crippen LogP contribution in [0.25, 0.3) is 10.8 Å². The molecule has 12 heteroatoms. The Labute approximate surface area is 333 Å². The quantitative estimate of drug-likeness (QED) is 0.159. The van der Waals surface area contributed by atoms with Gasteiger partial charge in [0.15, 0.2) is 9.84 Å². The molecule has 2 N–H and O–H groups in total. The van der Waals surface area contributed by atoms with Gasteiger partial charge in [0.1, 0.15) is 0 Å². The summed E-state index contributed by atoms with van der Waals surface area (Å²) >= 11 is 0. The van der Waals surface area contributed by atoms with Crippen molar-refractivity contribution in [3.05, 3.63) is 83.4 Å². The number of sulfone groups is 1. The molecule has 0 radical (unpaired) electrons. The van der Waals surface area contributed by atoms with Crippen LogP contribution in [0.3, 0.4) is 0 Å². The molecular weight excluding hydrogens is 745 g/mol. The molecule has 0 spiro atoms. The summed E-state index contributed by atoms with van der Waals surface area (Å²) in [5, 5.41) is 1.98. The molecule has 3 aromatic carbocycles. The van der Waals surface area contributed by atoms with Crippen LogP contribution in [0.5, 0.6) is 0 Å². The molecule has 0 bridgehead atoms. The predicted octanol–water partition coefficient (Wildman–Crippen LogP) is 12.6. The minimum atomic E-state index is -4.60. The van der Waals surface area contributed by atoms with Crippen LogP contribution >= 0.6 is 0 Å². The van der Waals surface area contributed by atoms with E-state index in [9.17, 15) is 29.8 Å². The Balaban J connectivity index is -0.000000164. The van der Waals surface area contributed by atoms with Crippen molar-refractivity contribution in [1.82, 2.24) is 0 Å². The van der Waals surface area contributed by atoms with Crippen molar-refractivity contribution in [3.63, 3.8) is 0 Å². The molecule has 0 aromatic heterocycles. The lowest BCUT2D eigenvalue weighted by Gasteiger charge is -2.23. The minimum absolute atomic E-state index is 0.0440. The summed E-state index contributed by atoms with van der Waals surface area (Å²) in [4.78, 5) is 0.141. The fourth-order valence-electron chi connectivity index (χ4n) is 4.43. The van der Waals surface area contributed by atoms with Crippen molar-refractivity contribution in [3.8, 4) is 0 Å². The smallest absolute Gasteiger partial charge is 0.282 e. The summed E-state index contributed by atoms with van der Waals surface area (Å²) in [5.41, 5.74) is 4.88. The van der Waals surface area contributed by atoms with E-state index in [1.165, 1.54) is 17.7 Å². The number of benzene rings is 3. The molecule has 0 aliphatic rings. The average Bonchev–Trinajstić information content (AvgIpc) is 3.16. The standard InChI is InChI=1S/C19H26O3S.C9H12O6S2.6C2H6.C2H4/c1-7-15-8-9-16-14(6)19(12(4)11(2)3)18(23(20,21)22)10-17(16)13(15)5;1-8-2-4-9(5-3-8)16(10,11)7-6-15-17(12,13)14;7*1-2/h8-12H,7H2,1-6H3,(H,20,21,22);2-5H,6-7H2,1H3,(H,12,13,14);6*1-2H3;1-2H2. The zero-order chi connectivity index (χ0) is 44.6. The lowest BCUT2D eigenvalue weighted by molar-refractivity contribution is 0.284. The molecule has 9 nitrogen and oxygen atoms in total.